The van der Waals surface area contributed by atoms with Gasteiger partial charge in [-0.1, -0.05) is 12.1 Å². The Balaban J connectivity index is 1.37. The zero-order valence-electron chi connectivity index (χ0n) is 20.0. The van der Waals surface area contributed by atoms with Crippen LogP contribution in [0.15, 0.2) is 30.3 Å². The van der Waals surface area contributed by atoms with E-state index in [0.29, 0.717) is 31.3 Å². The van der Waals surface area contributed by atoms with Crippen LogP contribution in [0, 0.1) is 11.3 Å². The summed E-state index contributed by atoms with van der Waals surface area (Å²) in [5, 5.41) is 10.3. The Morgan fingerprint density at radius 3 is 2.64 bits per heavy atom. The molecule has 2 aliphatic rings. The van der Waals surface area contributed by atoms with Crippen LogP contribution in [0.3, 0.4) is 0 Å². The number of hydrogen-bond acceptors (Lipinski definition) is 8. The highest BCUT2D eigenvalue weighted by molar-refractivity contribution is 7.19. The number of halogens is 1. The van der Waals surface area contributed by atoms with Crippen molar-refractivity contribution >= 4 is 38.3 Å². The van der Waals surface area contributed by atoms with Crippen molar-refractivity contribution in [2.24, 2.45) is 0 Å². The molecule has 0 atom stereocenters. The second-order valence-electron chi connectivity index (χ2n) is 9.27. The third-order valence-electron chi connectivity index (χ3n) is 6.99. The SMILES string of the molecule is N#Cc1cc2c(-c3nc(N4CCOCC4)c4sc(CN5CCN(CCF)CC5)cc4n3)cccc2[nH]1. The van der Waals surface area contributed by atoms with Gasteiger partial charge in [0.25, 0.3) is 0 Å². The van der Waals surface area contributed by atoms with Crippen molar-refractivity contribution in [3.05, 3.63) is 40.9 Å². The van der Waals surface area contributed by atoms with Crippen LogP contribution in [0.2, 0.25) is 0 Å². The van der Waals surface area contributed by atoms with Crippen molar-refractivity contribution < 1.29 is 9.13 Å². The van der Waals surface area contributed by atoms with E-state index < -0.39 is 0 Å². The van der Waals surface area contributed by atoms with Gasteiger partial charge in [-0.05, 0) is 18.2 Å². The summed E-state index contributed by atoms with van der Waals surface area (Å²) in [7, 11) is 0. The molecular formula is C26H28FN7OS. The Kier molecular flexibility index (Phi) is 6.54. The third-order valence-corrected chi connectivity index (χ3v) is 8.09. The lowest BCUT2D eigenvalue weighted by molar-refractivity contribution is 0.122. The minimum absolute atomic E-state index is 0.282. The quantitative estimate of drug-likeness (QED) is 0.428. The van der Waals surface area contributed by atoms with Gasteiger partial charge in [0, 0.05) is 73.7 Å². The zero-order valence-corrected chi connectivity index (χ0v) is 20.9. The first-order valence-corrected chi connectivity index (χ1v) is 13.2. The number of anilines is 1. The van der Waals surface area contributed by atoms with Crippen molar-refractivity contribution in [1.82, 2.24) is 24.8 Å². The van der Waals surface area contributed by atoms with E-state index in [-0.39, 0.29) is 6.67 Å². The van der Waals surface area contributed by atoms with Crippen LogP contribution in [0.4, 0.5) is 10.2 Å². The predicted molar refractivity (Wildman–Crippen MR) is 140 cm³/mol. The zero-order chi connectivity index (χ0) is 24.5. The highest BCUT2D eigenvalue weighted by Crippen LogP contribution is 2.36. The molecule has 1 aromatic carbocycles. The molecule has 4 aromatic rings. The van der Waals surface area contributed by atoms with Crippen molar-refractivity contribution in [2.75, 3.05) is 70.6 Å². The molecule has 2 saturated heterocycles. The Bertz CT molecular complexity index is 1410. The second kappa shape index (κ2) is 10.1. The summed E-state index contributed by atoms with van der Waals surface area (Å²) < 4.78 is 19.4. The molecule has 0 amide bonds. The molecule has 0 unspecified atom stereocenters. The van der Waals surface area contributed by atoms with E-state index in [0.717, 1.165) is 78.3 Å². The first-order valence-electron chi connectivity index (χ1n) is 12.4. The van der Waals surface area contributed by atoms with Gasteiger partial charge in [0.05, 0.1) is 23.4 Å². The van der Waals surface area contributed by atoms with Gasteiger partial charge in [0.2, 0.25) is 0 Å². The highest BCUT2D eigenvalue weighted by atomic mass is 32.1. The average molecular weight is 506 g/mol. The number of thiophene rings is 1. The summed E-state index contributed by atoms with van der Waals surface area (Å²) in [6.07, 6.45) is 0. The van der Waals surface area contributed by atoms with E-state index in [2.05, 4.69) is 31.8 Å². The molecule has 5 heterocycles. The molecule has 0 spiro atoms. The summed E-state index contributed by atoms with van der Waals surface area (Å²) in [5.74, 6) is 1.62. The van der Waals surface area contributed by atoms with Crippen LogP contribution in [0.5, 0.6) is 0 Å². The fourth-order valence-corrected chi connectivity index (χ4v) is 6.23. The lowest BCUT2D eigenvalue weighted by atomic mass is 10.1. The number of aromatic amines is 1. The second-order valence-corrected chi connectivity index (χ2v) is 10.4. The highest BCUT2D eigenvalue weighted by Gasteiger charge is 2.23. The summed E-state index contributed by atoms with van der Waals surface area (Å²) in [6.45, 7) is 7.76. The number of aromatic nitrogens is 3. The van der Waals surface area contributed by atoms with Gasteiger partial charge >= 0.3 is 0 Å². The number of ether oxygens (including phenoxy) is 1. The van der Waals surface area contributed by atoms with Crippen LogP contribution in [0.1, 0.15) is 10.6 Å². The van der Waals surface area contributed by atoms with Gasteiger partial charge in [-0.25, -0.2) is 14.4 Å². The van der Waals surface area contributed by atoms with Crippen LogP contribution in [-0.2, 0) is 11.3 Å². The lowest BCUT2D eigenvalue weighted by Gasteiger charge is -2.33. The average Bonchev–Trinajstić information content (AvgIpc) is 3.53. The molecule has 3 aromatic heterocycles. The molecule has 2 fully saturated rings. The summed E-state index contributed by atoms with van der Waals surface area (Å²) in [6, 6.07) is 12.2. The summed E-state index contributed by atoms with van der Waals surface area (Å²) in [5.41, 5.74) is 3.29. The maximum Gasteiger partial charge on any atom is 0.162 e. The number of fused-ring (bicyclic) bond motifs is 2. The van der Waals surface area contributed by atoms with Gasteiger partial charge in [-0.2, -0.15) is 5.26 Å². The number of hydrogen-bond donors (Lipinski definition) is 1. The molecular weight excluding hydrogens is 477 g/mol. The third kappa shape index (κ3) is 4.55. The van der Waals surface area contributed by atoms with E-state index in [1.165, 1.54) is 4.88 Å². The molecule has 10 heteroatoms. The molecule has 0 aliphatic carbocycles. The number of nitriles is 1. The van der Waals surface area contributed by atoms with Crippen LogP contribution < -0.4 is 4.90 Å². The number of benzene rings is 1. The fourth-order valence-electron chi connectivity index (χ4n) is 5.07. The topological polar surface area (TPSA) is 84.3 Å². The van der Waals surface area contributed by atoms with Gasteiger partial charge < -0.3 is 14.6 Å². The van der Waals surface area contributed by atoms with Crippen LogP contribution in [-0.4, -0.2) is 90.5 Å². The lowest BCUT2D eigenvalue weighted by Crippen LogP contribution is -2.46. The predicted octanol–water partition coefficient (Wildman–Crippen LogP) is 3.63. The molecule has 0 radical (unpaired) electrons. The molecule has 8 nitrogen and oxygen atoms in total. The first-order chi connectivity index (χ1) is 17.7. The maximum atomic E-state index is 12.7. The number of nitrogens with zero attached hydrogens (tertiary/aromatic N) is 6. The number of morpholine rings is 1. The molecule has 36 heavy (non-hydrogen) atoms. The van der Waals surface area contributed by atoms with E-state index in [1.807, 2.05) is 24.3 Å². The minimum Gasteiger partial charge on any atom is -0.378 e. The number of H-pyrrole nitrogens is 1. The number of rotatable bonds is 6. The Hall–Kier alpha value is -3.10. The van der Waals surface area contributed by atoms with Crippen LogP contribution >= 0.6 is 11.3 Å². The molecule has 6 rings (SSSR count). The standard InChI is InChI=1S/C26H28FN7OS/c27-4-5-32-6-8-33(9-7-32)17-19-15-23-24(36-19)26(34-10-12-35-13-11-34)31-25(30-23)20-2-1-3-22-21(20)14-18(16-28)29-22/h1-3,14-15,29H,4-13,17H2. The fraction of sp³-hybridized carbons (Fsp3) is 0.423. The summed E-state index contributed by atoms with van der Waals surface area (Å²) in [4.78, 5) is 21.4. The van der Waals surface area contributed by atoms with Gasteiger partial charge in [-0.3, -0.25) is 9.80 Å². The Morgan fingerprint density at radius 1 is 1.06 bits per heavy atom. The van der Waals surface area contributed by atoms with Crippen LogP contribution in [0.25, 0.3) is 32.5 Å². The van der Waals surface area contributed by atoms with Crippen molar-refractivity contribution in [3.63, 3.8) is 0 Å². The number of nitrogens with one attached hydrogen (secondary N) is 1. The van der Waals surface area contributed by atoms with E-state index in [4.69, 9.17) is 14.7 Å². The first kappa shape index (κ1) is 23.3. The molecule has 2 aliphatic heterocycles. The Labute approximate surface area is 212 Å². The largest absolute Gasteiger partial charge is 0.378 e. The number of piperazine rings is 1. The van der Waals surface area contributed by atoms with Crippen molar-refractivity contribution in [3.8, 4) is 17.5 Å². The van der Waals surface area contributed by atoms with Gasteiger partial charge in [0.1, 0.15) is 18.4 Å². The smallest absolute Gasteiger partial charge is 0.162 e. The normalized spacial score (nSPS) is 17.7. The maximum absolute atomic E-state index is 12.7. The summed E-state index contributed by atoms with van der Waals surface area (Å²) >= 11 is 1.77. The number of alkyl halides is 1. The molecule has 0 saturated carbocycles. The monoisotopic (exact) mass is 505 g/mol. The Morgan fingerprint density at radius 2 is 1.86 bits per heavy atom. The van der Waals surface area contributed by atoms with E-state index in [9.17, 15) is 9.65 Å². The van der Waals surface area contributed by atoms with E-state index >= 15 is 0 Å². The molecule has 186 valence electrons. The van der Waals surface area contributed by atoms with Crippen molar-refractivity contribution in [1.29, 1.82) is 5.26 Å². The van der Waals surface area contributed by atoms with Gasteiger partial charge in [-0.15, -0.1) is 11.3 Å². The van der Waals surface area contributed by atoms with Gasteiger partial charge in [0.15, 0.2) is 11.6 Å². The van der Waals surface area contributed by atoms with Crippen molar-refractivity contribution in [2.45, 2.75) is 6.54 Å². The molecule has 1 N–H and O–H groups in total. The molecule has 0 bridgehead atoms. The minimum atomic E-state index is -0.282. The van der Waals surface area contributed by atoms with E-state index in [1.54, 1.807) is 11.3 Å².